The molecule has 3 heteroatoms. The van der Waals surface area contributed by atoms with E-state index < -0.39 is 0 Å². The number of ether oxygens (including phenoxy) is 2. The Bertz CT molecular complexity index is 157. The first-order chi connectivity index (χ1) is 6.36. The molecule has 0 bridgehead atoms. The highest BCUT2D eigenvalue weighted by atomic mass is 16.7. The van der Waals surface area contributed by atoms with Crippen molar-refractivity contribution in [2.75, 3.05) is 13.2 Å². The lowest BCUT2D eigenvalue weighted by molar-refractivity contribution is -0.163. The van der Waals surface area contributed by atoms with Crippen molar-refractivity contribution in [3.63, 3.8) is 0 Å². The van der Waals surface area contributed by atoms with Gasteiger partial charge in [0, 0.05) is 12.6 Å². The minimum absolute atomic E-state index is 0.0729. The van der Waals surface area contributed by atoms with Crippen LogP contribution in [0.25, 0.3) is 0 Å². The van der Waals surface area contributed by atoms with Gasteiger partial charge >= 0.3 is 0 Å². The standard InChI is InChI=1S/C10H19NO2/c11-9-7-8(9)4-6-13-10-3-1-2-5-12-10/h8-10H,1-7,11H2/t8-,9-,10+/m1/s1. The highest BCUT2D eigenvalue weighted by Gasteiger charge is 2.32. The zero-order valence-electron chi connectivity index (χ0n) is 8.08. The first-order valence-corrected chi connectivity index (χ1v) is 5.35. The molecule has 0 aromatic rings. The summed E-state index contributed by atoms with van der Waals surface area (Å²) in [5.74, 6) is 0.726. The van der Waals surface area contributed by atoms with Crippen LogP contribution in [0, 0.1) is 5.92 Å². The molecular formula is C10H19NO2. The summed E-state index contributed by atoms with van der Waals surface area (Å²) in [6, 6.07) is 0.455. The van der Waals surface area contributed by atoms with Crippen molar-refractivity contribution >= 4 is 0 Å². The molecule has 13 heavy (non-hydrogen) atoms. The topological polar surface area (TPSA) is 44.5 Å². The number of nitrogens with two attached hydrogens (primary N) is 1. The van der Waals surface area contributed by atoms with Gasteiger partial charge in [-0.1, -0.05) is 0 Å². The van der Waals surface area contributed by atoms with Crippen LogP contribution in [0.15, 0.2) is 0 Å². The molecule has 1 heterocycles. The Morgan fingerprint density at radius 1 is 1.38 bits per heavy atom. The zero-order valence-corrected chi connectivity index (χ0v) is 8.08. The van der Waals surface area contributed by atoms with Gasteiger partial charge in [-0.3, -0.25) is 0 Å². The van der Waals surface area contributed by atoms with Gasteiger partial charge in [-0.05, 0) is 38.0 Å². The van der Waals surface area contributed by atoms with Gasteiger partial charge in [0.2, 0.25) is 0 Å². The van der Waals surface area contributed by atoms with Gasteiger partial charge < -0.3 is 15.2 Å². The van der Waals surface area contributed by atoms with Gasteiger partial charge in [0.15, 0.2) is 6.29 Å². The van der Waals surface area contributed by atoms with Crippen LogP contribution in [0.2, 0.25) is 0 Å². The smallest absolute Gasteiger partial charge is 0.157 e. The third-order valence-electron chi connectivity index (χ3n) is 2.91. The molecule has 76 valence electrons. The molecule has 0 spiro atoms. The SMILES string of the molecule is N[C@@H]1C[C@H]1CCO[C@H]1CCCCO1. The Kier molecular flexibility index (Phi) is 3.19. The zero-order chi connectivity index (χ0) is 9.10. The summed E-state index contributed by atoms with van der Waals surface area (Å²) in [5.41, 5.74) is 5.70. The molecule has 0 radical (unpaired) electrons. The summed E-state index contributed by atoms with van der Waals surface area (Å²) in [6.07, 6.45) is 5.87. The van der Waals surface area contributed by atoms with E-state index in [2.05, 4.69) is 0 Å². The predicted molar refractivity (Wildman–Crippen MR) is 50.2 cm³/mol. The minimum atomic E-state index is 0.0729. The van der Waals surface area contributed by atoms with Gasteiger partial charge in [-0.15, -0.1) is 0 Å². The fourth-order valence-electron chi connectivity index (χ4n) is 1.80. The molecule has 0 aromatic heterocycles. The summed E-state index contributed by atoms with van der Waals surface area (Å²) in [5, 5.41) is 0. The van der Waals surface area contributed by atoms with Crippen LogP contribution in [0.3, 0.4) is 0 Å². The molecule has 1 saturated carbocycles. The van der Waals surface area contributed by atoms with Crippen LogP contribution < -0.4 is 5.73 Å². The lowest BCUT2D eigenvalue weighted by atomic mass is 10.2. The molecule has 2 aliphatic rings. The van der Waals surface area contributed by atoms with E-state index in [0.29, 0.717) is 6.04 Å². The maximum Gasteiger partial charge on any atom is 0.157 e. The number of hydrogen-bond acceptors (Lipinski definition) is 3. The maximum atomic E-state index is 5.70. The van der Waals surface area contributed by atoms with Crippen LogP contribution in [0.1, 0.15) is 32.1 Å². The summed E-state index contributed by atoms with van der Waals surface area (Å²) in [6.45, 7) is 1.69. The second kappa shape index (κ2) is 4.40. The van der Waals surface area contributed by atoms with E-state index in [1.54, 1.807) is 0 Å². The highest BCUT2D eigenvalue weighted by molar-refractivity contribution is 4.89. The van der Waals surface area contributed by atoms with Crippen molar-refractivity contribution in [1.29, 1.82) is 0 Å². The third kappa shape index (κ3) is 2.93. The summed E-state index contributed by atoms with van der Waals surface area (Å²) < 4.78 is 11.1. The van der Waals surface area contributed by atoms with E-state index in [1.165, 1.54) is 19.3 Å². The van der Waals surface area contributed by atoms with Crippen LogP contribution in [0.5, 0.6) is 0 Å². The Balaban J connectivity index is 1.51. The van der Waals surface area contributed by atoms with E-state index in [4.69, 9.17) is 15.2 Å². The van der Waals surface area contributed by atoms with Crippen molar-refractivity contribution < 1.29 is 9.47 Å². The fourth-order valence-corrected chi connectivity index (χ4v) is 1.80. The van der Waals surface area contributed by atoms with Gasteiger partial charge in [-0.2, -0.15) is 0 Å². The summed E-state index contributed by atoms with van der Waals surface area (Å²) >= 11 is 0. The van der Waals surface area contributed by atoms with Crippen LogP contribution in [-0.4, -0.2) is 25.5 Å². The van der Waals surface area contributed by atoms with Crippen LogP contribution in [0.4, 0.5) is 0 Å². The van der Waals surface area contributed by atoms with Gasteiger partial charge in [0.1, 0.15) is 0 Å². The third-order valence-corrected chi connectivity index (χ3v) is 2.91. The van der Waals surface area contributed by atoms with E-state index >= 15 is 0 Å². The summed E-state index contributed by atoms with van der Waals surface area (Å²) in [4.78, 5) is 0. The lowest BCUT2D eigenvalue weighted by Gasteiger charge is -2.22. The first kappa shape index (κ1) is 9.44. The van der Waals surface area contributed by atoms with Crippen molar-refractivity contribution in [2.45, 2.75) is 44.4 Å². The van der Waals surface area contributed by atoms with Crippen LogP contribution >= 0.6 is 0 Å². The van der Waals surface area contributed by atoms with E-state index in [-0.39, 0.29) is 6.29 Å². The maximum absolute atomic E-state index is 5.70. The second-order valence-corrected chi connectivity index (χ2v) is 4.12. The normalized spacial score (nSPS) is 39.0. The lowest BCUT2D eigenvalue weighted by Crippen LogP contribution is -2.23. The molecule has 2 fully saturated rings. The molecule has 0 unspecified atom stereocenters. The Hall–Kier alpha value is -0.120. The largest absolute Gasteiger partial charge is 0.353 e. The van der Waals surface area contributed by atoms with Crippen LogP contribution in [-0.2, 0) is 9.47 Å². The van der Waals surface area contributed by atoms with Gasteiger partial charge in [-0.25, -0.2) is 0 Å². The minimum Gasteiger partial charge on any atom is -0.353 e. The molecule has 2 N–H and O–H groups in total. The molecule has 1 saturated heterocycles. The van der Waals surface area contributed by atoms with Gasteiger partial charge in [0.25, 0.3) is 0 Å². The average Bonchev–Trinajstić information content (AvgIpc) is 2.84. The Labute approximate surface area is 79.6 Å². The number of rotatable bonds is 4. The van der Waals surface area contributed by atoms with E-state index in [0.717, 1.165) is 32.0 Å². The molecular weight excluding hydrogens is 166 g/mol. The van der Waals surface area contributed by atoms with Gasteiger partial charge in [0.05, 0.1) is 6.61 Å². The van der Waals surface area contributed by atoms with Crippen molar-refractivity contribution in [3.05, 3.63) is 0 Å². The molecule has 0 aromatic carbocycles. The fraction of sp³-hybridized carbons (Fsp3) is 1.00. The van der Waals surface area contributed by atoms with E-state index in [9.17, 15) is 0 Å². The molecule has 3 nitrogen and oxygen atoms in total. The Morgan fingerprint density at radius 3 is 2.85 bits per heavy atom. The quantitative estimate of drug-likeness (QED) is 0.717. The van der Waals surface area contributed by atoms with Crippen molar-refractivity contribution in [1.82, 2.24) is 0 Å². The number of hydrogen-bond donors (Lipinski definition) is 1. The molecule has 3 atom stereocenters. The highest BCUT2D eigenvalue weighted by Crippen LogP contribution is 2.31. The molecule has 1 aliphatic carbocycles. The molecule has 2 rings (SSSR count). The molecule has 1 aliphatic heterocycles. The molecule has 0 amide bonds. The first-order valence-electron chi connectivity index (χ1n) is 5.35. The van der Waals surface area contributed by atoms with E-state index in [1.807, 2.05) is 0 Å². The second-order valence-electron chi connectivity index (χ2n) is 4.12. The van der Waals surface area contributed by atoms with Crippen molar-refractivity contribution in [2.24, 2.45) is 11.7 Å². The summed E-state index contributed by atoms with van der Waals surface area (Å²) in [7, 11) is 0. The Morgan fingerprint density at radius 2 is 2.23 bits per heavy atom. The predicted octanol–water partition coefficient (Wildman–Crippen LogP) is 1.27. The monoisotopic (exact) mass is 185 g/mol. The van der Waals surface area contributed by atoms with Crippen molar-refractivity contribution in [3.8, 4) is 0 Å². The average molecular weight is 185 g/mol.